The number of rotatable bonds is 4. The molecule has 1 aliphatic heterocycles. The highest BCUT2D eigenvalue weighted by atomic mass is 15.2. The van der Waals surface area contributed by atoms with Crippen LogP contribution >= 0.6 is 0 Å². The van der Waals surface area contributed by atoms with E-state index in [-0.39, 0.29) is 0 Å². The van der Waals surface area contributed by atoms with E-state index in [4.69, 9.17) is 5.73 Å². The summed E-state index contributed by atoms with van der Waals surface area (Å²) in [6.45, 7) is 3.31. The molecule has 2 N–H and O–H groups in total. The van der Waals surface area contributed by atoms with Crippen molar-refractivity contribution in [2.24, 2.45) is 0 Å². The van der Waals surface area contributed by atoms with E-state index in [1.807, 2.05) is 12.1 Å². The lowest BCUT2D eigenvalue weighted by molar-refractivity contribution is 0.203. The number of benzene rings is 2. The van der Waals surface area contributed by atoms with Gasteiger partial charge in [0.15, 0.2) is 0 Å². The van der Waals surface area contributed by atoms with Gasteiger partial charge in [0.25, 0.3) is 0 Å². The topological polar surface area (TPSA) is 32.5 Å². The minimum absolute atomic E-state index is 0.638. The molecule has 3 nitrogen and oxygen atoms in total. The molecule has 1 aliphatic rings. The van der Waals surface area contributed by atoms with E-state index >= 15 is 0 Å². The highest BCUT2D eigenvalue weighted by molar-refractivity contribution is 5.46. The molecule has 0 aliphatic carbocycles. The monoisotopic (exact) mass is 295 g/mol. The van der Waals surface area contributed by atoms with E-state index < -0.39 is 0 Å². The van der Waals surface area contributed by atoms with Crippen LogP contribution in [-0.2, 0) is 6.54 Å². The summed E-state index contributed by atoms with van der Waals surface area (Å²) in [5, 5.41) is 0. The van der Waals surface area contributed by atoms with Crippen LogP contribution in [-0.4, -0.2) is 31.1 Å². The second kappa shape index (κ2) is 6.84. The van der Waals surface area contributed by atoms with Gasteiger partial charge in [-0.25, -0.2) is 0 Å². The van der Waals surface area contributed by atoms with Crippen molar-refractivity contribution in [1.82, 2.24) is 4.90 Å². The molecule has 0 unspecified atom stereocenters. The molecule has 0 spiro atoms. The lowest BCUT2D eigenvalue weighted by Gasteiger charge is -2.38. The Kier molecular flexibility index (Phi) is 4.64. The molecule has 116 valence electrons. The summed E-state index contributed by atoms with van der Waals surface area (Å²) in [5.41, 5.74) is 9.35. The first-order valence-electron chi connectivity index (χ1n) is 8.07. The van der Waals surface area contributed by atoms with Gasteiger partial charge in [-0.2, -0.15) is 0 Å². The maximum Gasteiger partial charge on any atom is 0.0366 e. The Morgan fingerprint density at radius 1 is 1.05 bits per heavy atom. The Balaban J connectivity index is 1.54. The van der Waals surface area contributed by atoms with Gasteiger partial charge >= 0.3 is 0 Å². The maximum absolute atomic E-state index is 5.86. The molecule has 1 saturated heterocycles. The fraction of sp³-hybridized carbons (Fsp3) is 0.368. The summed E-state index contributed by atoms with van der Waals surface area (Å²) in [6, 6.07) is 19.6. The molecular formula is C19H25N3. The predicted octanol–water partition coefficient (Wildman–Crippen LogP) is 3.37. The van der Waals surface area contributed by atoms with Crippen LogP contribution in [0.25, 0.3) is 0 Å². The average molecular weight is 295 g/mol. The Hall–Kier alpha value is -2.00. The van der Waals surface area contributed by atoms with Crippen molar-refractivity contribution < 1.29 is 0 Å². The molecule has 0 atom stereocenters. The van der Waals surface area contributed by atoms with Gasteiger partial charge in [-0.3, -0.25) is 4.90 Å². The Bertz CT molecular complexity index is 589. The molecule has 3 heteroatoms. The molecule has 3 rings (SSSR count). The lowest BCUT2D eigenvalue weighted by atomic mass is 10.0. The van der Waals surface area contributed by atoms with Crippen LogP contribution in [0.15, 0.2) is 54.6 Å². The summed E-state index contributed by atoms with van der Waals surface area (Å²) in [5.74, 6) is 0. The summed E-state index contributed by atoms with van der Waals surface area (Å²) >= 11 is 0. The molecular weight excluding hydrogens is 270 g/mol. The third kappa shape index (κ3) is 3.60. The normalized spacial score (nSPS) is 16.6. The summed E-state index contributed by atoms with van der Waals surface area (Å²) in [7, 11) is 2.22. The fourth-order valence-corrected chi connectivity index (χ4v) is 3.29. The summed E-state index contributed by atoms with van der Waals surface area (Å²) in [4.78, 5) is 4.96. The fourth-order valence-electron chi connectivity index (χ4n) is 3.29. The van der Waals surface area contributed by atoms with Crippen LogP contribution in [0.4, 0.5) is 11.4 Å². The summed E-state index contributed by atoms with van der Waals surface area (Å²) in [6.07, 6.45) is 2.43. The van der Waals surface area contributed by atoms with Gasteiger partial charge in [-0.05, 0) is 42.7 Å². The molecule has 0 bridgehead atoms. The highest BCUT2D eigenvalue weighted by Crippen LogP contribution is 2.22. The van der Waals surface area contributed by atoms with E-state index in [1.165, 1.54) is 24.1 Å². The molecule has 2 aromatic carbocycles. The van der Waals surface area contributed by atoms with Crippen molar-refractivity contribution in [1.29, 1.82) is 0 Å². The second-order valence-electron chi connectivity index (χ2n) is 6.20. The number of piperidine rings is 1. The van der Waals surface area contributed by atoms with Crippen molar-refractivity contribution in [3.63, 3.8) is 0 Å². The smallest absolute Gasteiger partial charge is 0.0366 e. The molecule has 1 heterocycles. The van der Waals surface area contributed by atoms with Crippen LogP contribution < -0.4 is 10.6 Å². The van der Waals surface area contributed by atoms with Crippen LogP contribution in [0.2, 0.25) is 0 Å². The largest absolute Gasteiger partial charge is 0.399 e. The molecule has 22 heavy (non-hydrogen) atoms. The van der Waals surface area contributed by atoms with Gasteiger partial charge in [0, 0.05) is 44.1 Å². The lowest BCUT2D eigenvalue weighted by Crippen LogP contribution is -2.43. The van der Waals surface area contributed by atoms with E-state index in [1.54, 1.807) is 0 Å². The quantitative estimate of drug-likeness (QED) is 0.878. The molecule has 0 aromatic heterocycles. The van der Waals surface area contributed by atoms with Crippen molar-refractivity contribution in [3.8, 4) is 0 Å². The average Bonchev–Trinajstić information content (AvgIpc) is 2.56. The standard InChI is InChI=1S/C19H25N3/c1-21(18-8-3-2-4-9-18)19-10-12-22(13-11-19)15-16-6-5-7-17(20)14-16/h2-9,14,19H,10-13,15,20H2,1H3. The van der Waals surface area contributed by atoms with Crippen molar-refractivity contribution >= 4 is 11.4 Å². The number of nitrogens with zero attached hydrogens (tertiary/aromatic N) is 2. The summed E-state index contributed by atoms with van der Waals surface area (Å²) < 4.78 is 0. The highest BCUT2D eigenvalue weighted by Gasteiger charge is 2.22. The van der Waals surface area contributed by atoms with Gasteiger partial charge in [-0.1, -0.05) is 30.3 Å². The third-order valence-electron chi connectivity index (χ3n) is 4.63. The number of likely N-dealkylation sites (tertiary alicyclic amines) is 1. The number of anilines is 2. The van der Waals surface area contributed by atoms with Crippen LogP contribution in [0.1, 0.15) is 18.4 Å². The minimum atomic E-state index is 0.638. The van der Waals surface area contributed by atoms with Crippen LogP contribution in [0.5, 0.6) is 0 Å². The number of para-hydroxylation sites is 1. The first kappa shape index (κ1) is 14.9. The number of hydrogen-bond donors (Lipinski definition) is 1. The first-order chi connectivity index (χ1) is 10.7. The Labute approximate surface area is 133 Å². The number of hydrogen-bond acceptors (Lipinski definition) is 3. The van der Waals surface area contributed by atoms with Crippen molar-refractivity contribution in [3.05, 3.63) is 60.2 Å². The molecule has 1 fully saturated rings. The Morgan fingerprint density at radius 2 is 1.77 bits per heavy atom. The van der Waals surface area contributed by atoms with E-state index in [0.717, 1.165) is 25.3 Å². The maximum atomic E-state index is 5.86. The zero-order valence-corrected chi connectivity index (χ0v) is 13.3. The number of nitrogens with two attached hydrogens (primary N) is 1. The second-order valence-corrected chi connectivity index (χ2v) is 6.20. The number of nitrogen functional groups attached to an aromatic ring is 1. The molecule has 0 saturated carbocycles. The molecule has 2 aromatic rings. The van der Waals surface area contributed by atoms with Crippen LogP contribution in [0.3, 0.4) is 0 Å². The Morgan fingerprint density at radius 3 is 2.45 bits per heavy atom. The van der Waals surface area contributed by atoms with Gasteiger partial charge in [0.1, 0.15) is 0 Å². The zero-order chi connectivity index (χ0) is 15.4. The molecule has 0 amide bonds. The first-order valence-corrected chi connectivity index (χ1v) is 8.07. The van der Waals surface area contributed by atoms with Crippen LogP contribution in [0, 0.1) is 0 Å². The van der Waals surface area contributed by atoms with E-state index in [0.29, 0.717) is 6.04 Å². The van der Waals surface area contributed by atoms with Crippen molar-refractivity contribution in [2.45, 2.75) is 25.4 Å². The van der Waals surface area contributed by atoms with E-state index in [9.17, 15) is 0 Å². The van der Waals surface area contributed by atoms with Gasteiger partial charge in [0.2, 0.25) is 0 Å². The van der Waals surface area contributed by atoms with Gasteiger partial charge in [-0.15, -0.1) is 0 Å². The van der Waals surface area contributed by atoms with Gasteiger partial charge in [0.05, 0.1) is 0 Å². The van der Waals surface area contributed by atoms with Gasteiger partial charge < -0.3 is 10.6 Å². The van der Waals surface area contributed by atoms with E-state index in [2.05, 4.69) is 59.3 Å². The van der Waals surface area contributed by atoms with Crippen molar-refractivity contribution in [2.75, 3.05) is 30.8 Å². The third-order valence-corrected chi connectivity index (χ3v) is 4.63. The zero-order valence-electron chi connectivity index (χ0n) is 13.3. The predicted molar refractivity (Wildman–Crippen MR) is 94.0 cm³/mol. The minimum Gasteiger partial charge on any atom is -0.399 e. The molecule has 0 radical (unpaired) electrons. The SMILES string of the molecule is CN(c1ccccc1)C1CCN(Cc2cccc(N)c2)CC1.